The van der Waals surface area contributed by atoms with E-state index in [4.69, 9.17) is 0 Å². The van der Waals surface area contributed by atoms with Crippen LogP contribution in [0, 0.1) is 0 Å². The molecule has 102 valence electrons. The van der Waals surface area contributed by atoms with Gasteiger partial charge < -0.3 is 5.32 Å². The number of hydrogen-bond acceptors (Lipinski definition) is 3. The van der Waals surface area contributed by atoms with Crippen LogP contribution in [-0.2, 0) is 10.0 Å². The van der Waals surface area contributed by atoms with E-state index in [2.05, 4.69) is 21.2 Å². The Balaban J connectivity index is 0.00000162. The third-order valence-corrected chi connectivity index (χ3v) is 5.12. The maximum atomic E-state index is 12.4. The highest BCUT2D eigenvalue weighted by Crippen LogP contribution is 2.20. The Morgan fingerprint density at radius 2 is 2.17 bits per heavy atom. The minimum Gasteiger partial charge on any atom is -0.312 e. The van der Waals surface area contributed by atoms with E-state index < -0.39 is 10.0 Å². The molecule has 1 saturated heterocycles. The van der Waals surface area contributed by atoms with E-state index in [0.717, 1.165) is 4.47 Å². The van der Waals surface area contributed by atoms with Gasteiger partial charge in [0.25, 0.3) is 0 Å². The van der Waals surface area contributed by atoms with Gasteiger partial charge in [0.2, 0.25) is 10.0 Å². The molecule has 0 saturated carbocycles. The minimum atomic E-state index is -3.35. The highest BCUT2D eigenvalue weighted by molar-refractivity contribution is 9.10. The lowest BCUT2D eigenvalue weighted by Crippen LogP contribution is -2.51. The van der Waals surface area contributed by atoms with Gasteiger partial charge in [0.1, 0.15) is 0 Å². The molecule has 1 aliphatic heterocycles. The number of hydrogen-bond donors (Lipinski definition) is 1. The molecular weight excluding hydrogens is 340 g/mol. The van der Waals surface area contributed by atoms with Gasteiger partial charge in [-0.2, -0.15) is 4.31 Å². The monoisotopic (exact) mass is 354 g/mol. The summed E-state index contributed by atoms with van der Waals surface area (Å²) in [5.74, 6) is 0. The summed E-state index contributed by atoms with van der Waals surface area (Å²) >= 11 is 3.30. The van der Waals surface area contributed by atoms with Crippen molar-refractivity contribution in [1.29, 1.82) is 0 Å². The van der Waals surface area contributed by atoms with E-state index >= 15 is 0 Å². The zero-order chi connectivity index (χ0) is 12.5. The first-order valence-electron chi connectivity index (χ1n) is 5.49. The lowest BCUT2D eigenvalue weighted by molar-refractivity contribution is 0.310. The second-order valence-electron chi connectivity index (χ2n) is 4.18. The molecule has 0 amide bonds. The van der Waals surface area contributed by atoms with Crippen LogP contribution in [0.2, 0.25) is 0 Å². The number of rotatable bonds is 2. The fourth-order valence-corrected chi connectivity index (χ4v) is 4.02. The van der Waals surface area contributed by atoms with Gasteiger partial charge in [-0.1, -0.05) is 22.0 Å². The van der Waals surface area contributed by atoms with Crippen molar-refractivity contribution in [2.24, 2.45) is 0 Å². The van der Waals surface area contributed by atoms with Gasteiger partial charge in [0.15, 0.2) is 0 Å². The van der Waals surface area contributed by atoms with Crippen LogP contribution in [0.3, 0.4) is 0 Å². The molecule has 1 aliphatic rings. The first-order chi connectivity index (χ1) is 8.00. The van der Waals surface area contributed by atoms with Crippen LogP contribution in [0.1, 0.15) is 6.92 Å². The van der Waals surface area contributed by atoms with Gasteiger partial charge >= 0.3 is 0 Å². The first-order valence-corrected chi connectivity index (χ1v) is 7.72. The van der Waals surface area contributed by atoms with E-state index in [1.807, 2.05) is 13.0 Å². The Hall–Kier alpha value is -0.140. The van der Waals surface area contributed by atoms with Crippen molar-refractivity contribution < 1.29 is 8.42 Å². The second-order valence-corrected chi connectivity index (χ2v) is 7.03. The minimum absolute atomic E-state index is 0. The normalized spacial score (nSPS) is 21.3. The van der Waals surface area contributed by atoms with E-state index in [1.165, 1.54) is 4.31 Å². The van der Waals surface area contributed by atoms with E-state index in [0.29, 0.717) is 24.5 Å². The van der Waals surface area contributed by atoms with Gasteiger partial charge in [-0.15, -0.1) is 12.4 Å². The number of sulfonamides is 1. The molecule has 1 aromatic carbocycles. The van der Waals surface area contributed by atoms with Gasteiger partial charge in [0, 0.05) is 30.1 Å². The topological polar surface area (TPSA) is 49.4 Å². The maximum absolute atomic E-state index is 12.4. The van der Waals surface area contributed by atoms with Crippen molar-refractivity contribution in [2.75, 3.05) is 19.6 Å². The summed E-state index contributed by atoms with van der Waals surface area (Å²) in [4.78, 5) is 0.348. The van der Waals surface area contributed by atoms with E-state index in [9.17, 15) is 8.42 Å². The van der Waals surface area contributed by atoms with E-state index in [-0.39, 0.29) is 18.4 Å². The molecule has 2 rings (SSSR count). The highest BCUT2D eigenvalue weighted by Gasteiger charge is 2.28. The third kappa shape index (κ3) is 3.45. The van der Waals surface area contributed by atoms with Crippen molar-refractivity contribution >= 4 is 38.4 Å². The number of nitrogens with zero attached hydrogens (tertiary/aromatic N) is 1. The Labute approximate surface area is 122 Å². The molecule has 18 heavy (non-hydrogen) atoms. The Kier molecular flexibility index (Phi) is 5.61. The summed E-state index contributed by atoms with van der Waals surface area (Å²) in [6.45, 7) is 3.74. The zero-order valence-electron chi connectivity index (χ0n) is 9.97. The van der Waals surface area contributed by atoms with Gasteiger partial charge in [0.05, 0.1) is 4.90 Å². The van der Waals surface area contributed by atoms with Gasteiger partial charge in [-0.25, -0.2) is 8.42 Å². The molecule has 1 atom stereocenters. The Morgan fingerprint density at radius 3 is 2.78 bits per heavy atom. The molecule has 0 spiro atoms. The van der Waals surface area contributed by atoms with Crippen molar-refractivity contribution in [3.8, 4) is 0 Å². The first kappa shape index (κ1) is 15.9. The smallest absolute Gasteiger partial charge is 0.243 e. The number of nitrogens with one attached hydrogen (secondary N) is 1. The second kappa shape index (κ2) is 6.34. The molecule has 1 N–H and O–H groups in total. The van der Waals surface area contributed by atoms with Gasteiger partial charge in [-0.05, 0) is 25.1 Å². The van der Waals surface area contributed by atoms with Gasteiger partial charge in [-0.3, -0.25) is 0 Å². The molecule has 1 fully saturated rings. The summed E-state index contributed by atoms with van der Waals surface area (Å²) in [6.07, 6.45) is 0. The summed E-state index contributed by atoms with van der Waals surface area (Å²) in [7, 11) is -3.35. The van der Waals surface area contributed by atoms with Crippen molar-refractivity contribution in [1.82, 2.24) is 9.62 Å². The largest absolute Gasteiger partial charge is 0.312 e. The lowest BCUT2D eigenvalue weighted by Gasteiger charge is -2.31. The molecule has 0 radical (unpaired) electrons. The molecule has 1 heterocycles. The molecule has 4 nitrogen and oxygen atoms in total. The SMILES string of the molecule is C[C@@H]1CN(S(=O)(=O)c2cccc(Br)c2)CCN1.Cl. The highest BCUT2D eigenvalue weighted by atomic mass is 79.9. The van der Waals surface area contributed by atoms with Crippen molar-refractivity contribution in [3.05, 3.63) is 28.7 Å². The lowest BCUT2D eigenvalue weighted by atomic mass is 10.3. The average Bonchev–Trinajstić information content (AvgIpc) is 2.29. The van der Waals surface area contributed by atoms with E-state index in [1.54, 1.807) is 18.2 Å². The molecule has 0 aliphatic carbocycles. The average molecular weight is 356 g/mol. The standard InChI is InChI=1S/C11H15BrN2O2S.ClH/c1-9-8-14(6-5-13-9)17(15,16)11-4-2-3-10(12)7-11;/h2-4,7,9,13H,5-6,8H2,1H3;1H/t9-;/m1./s1. The van der Waals surface area contributed by atoms with Crippen LogP contribution in [0.25, 0.3) is 0 Å². The number of piperazine rings is 1. The summed E-state index contributed by atoms with van der Waals surface area (Å²) in [6, 6.07) is 7.03. The Morgan fingerprint density at radius 1 is 1.44 bits per heavy atom. The predicted octanol–water partition coefficient (Wildman–Crippen LogP) is 1.85. The van der Waals surface area contributed by atoms with Crippen LogP contribution in [0.4, 0.5) is 0 Å². The molecule has 0 unspecified atom stereocenters. The maximum Gasteiger partial charge on any atom is 0.243 e. The summed E-state index contributed by atoms with van der Waals surface area (Å²) in [5.41, 5.74) is 0. The molecule has 0 bridgehead atoms. The molecule has 1 aromatic rings. The van der Waals surface area contributed by atoms with Crippen molar-refractivity contribution in [3.63, 3.8) is 0 Å². The van der Waals surface area contributed by atoms with Crippen LogP contribution in [-0.4, -0.2) is 38.4 Å². The summed E-state index contributed by atoms with van der Waals surface area (Å²) < 4.78 is 27.0. The van der Waals surface area contributed by atoms with Crippen LogP contribution in [0.5, 0.6) is 0 Å². The van der Waals surface area contributed by atoms with Crippen LogP contribution < -0.4 is 5.32 Å². The third-order valence-electron chi connectivity index (χ3n) is 2.77. The summed E-state index contributed by atoms with van der Waals surface area (Å²) in [5, 5.41) is 3.23. The predicted molar refractivity (Wildman–Crippen MR) is 77.6 cm³/mol. The van der Waals surface area contributed by atoms with Crippen molar-refractivity contribution in [2.45, 2.75) is 17.9 Å². The Bertz CT molecular complexity index is 510. The fraction of sp³-hybridized carbons (Fsp3) is 0.455. The molecule has 0 aromatic heterocycles. The van der Waals surface area contributed by atoms with Crippen LogP contribution >= 0.6 is 28.3 Å². The van der Waals surface area contributed by atoms with Crippen LogP contribution in [0.15, 0.2) is 33.6 Å². The number of benzene rings is 1. The number of halogens is 2. The quantitative estimate of drug-likeness (QED) is 0.881. The fourth-order valence-electron chi connectivity index (χ4n) is 1.89. The molecule has 7 heteroatoms. The zero-order valence-corrected chi connectivity index (χ0v) is 13.2. The molecular formula is C11H16BrClN2O2S.